The van der Waals surface area contributed by atoms with Crippen molar-refractivity contribution >= 4 is 12.1 Å². The van der Waals surface area contributed by atoms with Crippen LogP contribution in [0.3, 0.4) is 0 Å². The highest BCUT2D eigenvalue weighted by atomic mass is 16.7. The third-order valence-electron chi connectivity index (χ3n) is 3.66. The van der Waals surface area contributed by atoms with Crippen LogP contribution < -0.4 is 19.6 Å². The lowest BCUT2D eigenvalue weighted by atomic mass is 10.2. The Morgan fingerprint density at radius 3 is 2.80 bits per heavy atom. The predicted octanol–water partition coefficient (Wildman–Crippen LogP) is 3.36. The number of carbonyl (C=O) groups excluding carboxylic acids is 1. The SMILES string of the molecule is CCCCOc1ccc(C(=O)NN=Cc2ccc3c(c2)OCO3)cc1. The van der Waals surface area contributed by atoms with Crippen molar-refractivity contribution in [1.82, 2.24) is 5.43 Å². The molecule has 25 heavy (non-hydrogen) atoms. The molecule has 130 valence electrons. The molecule has 2 aromatic carbocycles. The first-order chi connectivity index (χ1) is 12.3. The van der Waals surface area contributed by atoms with Crippen LogP contribution in [0, 0.1) is 0 Å². The summed E-state index contributed by atoms with van der Waals surface area (Å²) in [6.07, 6.45) is 3.65. The minimum absolute atomic E-state index is 0.227. The first-order valence-electron chi connectivity index (χ1n) is 8.22. The van der Waals surface area contributed by atoms with Crippen LogP contribution in [0.1, 0.15) is 35.7 Å². The summed E-state index contributed by atoms with van der Waals surface area (Å²) in [5, 5.41) is 3.97. The predicted molar refractivity (Wildman–Crippen MR) is 94.5 cm³/mol. The summed E-state index contributed by atoms with van der Waals surface area (Å²) in [5.41, 5.74) is 3.83. The lowest BCUT2D eigenvalue weighted by Gasteiger charge is -2.06. The Bertz CT molecular complexity index is 757. The topological polar surface area (TPSA) is 69.2 Å². The maximum Gasteiger partial charge on any atom is 0.271 e. The van der Waals surface area contributed by atoms with E-state index in [0.29, 0.717) is 23.7 Å². The maximum atomic E-state index is 12.1. The van der Waals surface area contributed by atoms with Crippen molar-refractivity contribution in [3.8, 4) is 17.2 Å². The Hall–Kier alpha value is -3.02. The first kappa shape index (κ1) is 16.8. The summed E-state index contributed by atoms with van der Waals surface area (Å²) in [7, 11) is 0. The average molecular weight is 340 g/mol. The van der Waals surface area contributed by atoms with Crippen LogP contribution in [0.15, 0.2) is 47.6 Å². The molecule has 0 spiro atoms. The van der Waals surface area contributed by atoms with Gasteiger partial charge in [-0.1, -0.05) is 13.3 Å². The van der Waals surface area contributed by atoms with Gasteiger partial charge in [-0.15, -0.1) is 0 Å². The van der Waals surface area contributed by atoms with E-state index in [1.54, 1.807) is 36.5 Å². The highest BCUT2D eigenvalue weighted by Crippen LogP contribution is 2.31. The molecule has 3 rings (SSSR count). The summed E-state index contributed by atoms with van der Waals surface area (Å²) in [6.45, 7) is 3.02. The van der Waals surface area contributed by atoms with Gasteiger partial charge < -0.3 is 14.2 Å². The van der Waals surface area contributed by atoms with E-state index in [1.807, 2.05) is 12.1 Å². The van der Waals surface area contributed by atoms with Crippen LogP contribution in [0.4, 0.5) is 0 Å². The van der Waals surface area contributed by atoms with Crippen LogP contribution in [-0.2, 0) is 0 Å². The van der Waals surface area contributed by atoms with Crippen LogP contribution >= 0.6 is 0 Å². The summed E-state index contributed by atoms with van der Waals surface area (Å²) in [6, 6.07) is 12.5. The molecule has 6 heteroatoms. The van der Waals surface area contributed by atoms with Gasteiger partial charge in [0.25, 0.3) is 5.91 Å². The van der Waals surface area contributed by atoms with Crippen LogP contribution in [0.5, 0.6) is 17.2 Å². The third kappa shape index (κ3) is 4.50. The van der Waals surface area contributed by atoms with E-state index in [4.69, 9.17) is 14.2 Å². The fourth-order valence-corrected chi connectivity index (χ4v) is 2.26. The van der Waals surface area contributed by atoms with Crippen LogP contribution in [-0.4, -0.2) is 25.5 Å². The number of benzene rings is 2. The number of carbonyl (C=O) groups is 1. The smallest absolute Gasteiger partial charge is 0.271 e. The number of ether oxygens (including phenoxy) is 3. The molecule has 0 aliphatic carbocycles. The van der Waals surface area contributed by atoms with Crippen LogP contribution in [0.2, 0.25) is 0 Å². The van der Waals surface area contributed by atoms with Crippen molar-refractivity contribution < 1.29 is 19.0 Å². The quantitative estimate of drug-likeness (QED) is 0.477. The van der Waals surface area contributed by atoms with E-state index in [-0.39, 0.29) is 12.7 Å². The van der Waals surface area contributed by atoms with Gasteiger partial charge in [-0.25, -0.2) is 5.43 Å². The molecule has 0 fully saturated rings. The van der Waals surface area contributed by atoms with Gasteiger partial charge in [0, 0.05) is 5.56 Å². The van der Waals surface area contributed by atoms with Crippen molar-refractivity contribution in [2.75, 3.05) is 13.4 Å². The lowest BCUT2D eigenvalue weighted by molar-refractivity contribution is 0.0955. The van der Waals surface area contributed by atoms with Crippen molar-refractivity contribution in [3.63, 3.8) is 0 Å². The van der Waals surface area contributed by atoms with Gasteiger partial charge in [0.2, 0.25) is 6.79 Å². The Kier molecular flexibility index (Phi) is 5.51. The molecule has 1 amide bonds. The van der Waals surface area contributed by atoms with Gasteiger partial charge in [0.05, 0.1) is 12.8 Å². The highest BCUT2D eigenvalue weighted by Gasteiger charge is 2.12. The van der Waals surface area contributed by atoms with Crippen LogP contribution in [0.25, 0.3) is 0 Å². The number of nitrogens with zero attached hydrogens (tertiary/aromatic N) is 1. The second-order valence-corrected chi connectivity index (χ2v) is 5.54. The minimum atomic E-state index is -0.280. The highest BCUT2D eigenvalue weighted by molar-refractivity contribution is 5.95. The molecule has 2 aromatic rings. The molecule has 0 bridgehead atoms. The Balaban J connectivity index is 1.53. The Morgan fingerprint density at radius 1 is 1.20 bits per heavy atom. The van der Waals surface area contributed by atoms with E-state index < -0.39 is 0 Å². The zero-order chi connectivity index (χ0) is 17.5. The van der Waals surface area contributed by atoms with Gasteiger partial charge in [-0.05, 0) is 54.4 Å². The number of nitrogens with one attached hydrogen (secondary N) is 1. The number of fused-ring (bicyclic) bond motifs is 1. The molecule has 0 radical (unpaired) electrons. The van der Waals surface area contributed by atoms with Gasteiger partial charge in [0.15, 0.2) is 11.5 Å². The summed E-state index contributed by atoms with van der Waals surface area (Å²) in [5.74, 6) is 1.86. The first-order valence-corrected chi connectivity index (χ1v) is 8.22. The number of hydrogen-bond donors (Lipinski definition) is 1. The summed E-state index contributed by atoms with van der Waals surface area (Å²) < 4.78 is 16.1. The zero-order valence-corrected chi connectivity index (χ0v) is 14.0. The van der Waals surface area contributed by atoms with Gasteiger partial charge in [-0.2, -0.15) is 5.10 Å². The number of unbranched alkanes of at least 4 members (excludes halogenated alkanes) is 1. The molecule has 0 atom stereocenters. The Morgan fingerprint density at radius 2 is 2.00 bits per heavy atom. The normalized spacial score (nSPS) is 12.4. The van der Waals surface area contributed by atoms with E-state index in [2.05, 4.69) is 17.5 Å². The maximum absolute atomic E-state index is 12.1. The zero-order valence-electron chi connectivity index (χ0n) is 14.0. The molecule has 0 saturated carbocycles. The number of rotatable bonds is 7. The third-order valence-corrected chi connectivity index (χ3v) is 3.66. The summed E-state index contributed by atoms with van der Waals surface area (Å²) >= 11 is 0. The molecule has 6 nitrogen and oxygen atoms in total. The molecule has 1 heterocycles. The monoisotopic (exact) mass is 340 g/mol. The molecule has 0 saturated heterocycles. The second-order valence-electron chi connectivity index (χ2n) is 5.54. The van der Waals surface area contributed by atoms with Gasteiger partial charge in [0.1, 0.15) is 5.75 Å². The van der Waals surface area contributed by atoms with E-state index >= 15 is 0 Å². The van der Waals surface area contributed by atoms with Crippen molar-refractivity contribution in [2.24, 2.45) is 5.10 Å². The van der Waals surface area contributed by atoms with Gasteiger partial charge in [-0.3, -0.25) is 4.79 Å². The Labute approximate surface area is 146 Å². The minimum Gasteiger partial charge on any atom is -0.494 e. The number of hydrazone groups is 1. The van der Waals surface area contributed by atoms with E-state index in [1.165, 1.54) is 0 Å². The van der Waals surface area contributed by atoms with Crippen molar-refractivity contribution in [2.45, 2.75) is 19.8 Å². The molecule has 1 aliphatic heterocycles. The largest absolute Gasteiger partial charge is 0.494 e. The van der Waals surface area contributed by atoms with E-state index in [9.17, 15) is 4.79 Å². The molecule has 0 unspecified atom stereocenters. The number of hydrogen-bond acceptors (Lipinski definition) is 5. The molecule has 1 N–H and O–H groups in total. The molecular weight excluding hydrogens is 320 g/mol. The second kappa shape index (κ2) is 8.19. The van der Waals surface area contributed by atoms with Crippen molar-refractivity contribution in [1.29, 1.82) is 0 Å². The fraction of sp³-hybridized carbons (Fsp3) is 0.263. The standard InChI is InChI=1S/C19H20N2O4/c1-2-3-10-23-16-7-5-15(6-8-16)19(22)21-20-12-14-4-9-17-18(11-14)25-13-24-17/h4-9,11-12H,2-3,10,13H2,1H3,(H,21,22). The van der Waals surface area contributed by atoms with Crippen molar-refractivity contribution in [3.05, 3.63) is 53.6 Å². The fourth-order valence-electron chi connectivity index (χ4n) is 2.26. The number of amides is 1. The molecule has 1 aliphatic rings. The summed E-state index contributed by atoms with van der Waals surface area (Å²) in [4.78, 5) is 12.1. The van der Waals surface area contributed by atoms with Gasteiger partial charge >= 0.3 is 0 Å². The van der Waals surface area contributed by atoms with E-state index in [0.717, 1.165) is 24.2 Å². The lowest BCUT2D eigenvalue weighted by Crippen LogP contribution is -2.17. The molecular formula is C19H20N2O4. The average Bonchev–Trinajstić information content (AvgIpc) is 3.10. The molecule has 0 aromatic heterocycles.